The quantitative estimate of drug-likeness (QED) is 0.835. The third-order valence-electron chi connectivity index (χ3n) is 2.62. The SMILES string of the molecule is Cc1nnc(NC(C)CC(F)(F)F)c(C(N)=S)c1C. The lowest BCUT2D eigenvalue weighted by Crippen LogP contribution is -2.27. The molecule has 0 spiro atoms. The molecule has 0 amide bonds. The highest BCUT2D eigenvalue weighted by Crippen LogP contribution is 2.24. The predicted molar refractivity (Wildman–Crippen MR) is 71.2 cm³/mol. The maximum absolute atomic E-state index is 12.3. The third-order valence-corrected chi connectivity index (χ3v) is 2.83. The minimum absolute atomic E-state index is 0.0807. The lowest BCUT2D eigenvalue weighted by molar-refractivity contribution is -0.136. The van der Waals surface area contributed by atoms with Crippen molar-refractivity contribution in [2.24, 2.45) is 5.73 Å². The average Bonchev–Trinajstić information content (AvgIpc) is 2.20. The molecular formula is C11H15F3N4S. The minimum atomic E-state index is -4.25. The van der Waals surface area contributed by atoms with Crippen molar-refractivity contribution in [1.29, 1.82) is 0 Å². The number of nitrogens with two attached hydrogens (primary N) is 1. The molecule has 106 valence electrons. The van der Waals surface area contributed by atoms with Crippen LogP contribution in [-0.2, 0) is 0 Å². The maximum atomic E-state index is 12.3. The Balaban J connectivity index is 3.02. The number of anilines is 1. The molecule has 0 bridgehead atoms. The van der Waals surface area contributed by atoms with Crippen LogP contribution >= 0.6 is 12.2 Å². The second-order valence-electron chi connectivity index (χ2n) is 4.36. The largest absolute Gasteiger partial charge is 0.391 e. The average molecular weight is 292 g/mol. The lowest BCUT2D eigenvalue weighted by Gasteiger charge is -2.19. The van der Waals surface area contributed by atoms with Gasteiger partial charge in [0.25, 0.3) is 0 Å². The van der Waals surface area contributed by atoms with E-state index in [-0.39, 0.29) is 10.8 Å². The highest BCUT2D eigenvalue weighted by atomic mass is 32.1. The van der Waals surface area contributed by atoms with Gasteiger partial charge in [0, 0.05) is 6.04 Å². The molecule has 0 aliphatic rings. The Labute approximate surface area is 114 Å². The van der Waals surface area contributed by atoms with Crippen LogP contribution in [0.2, 0.25) is 0 Å². The predicted octanol–water partition coefficient (Wildman–Crippen LogP) is 2.48. The van der Waals surface area contributed by atoms with Crippen molar-refractivity contribution < 1.29 is 13.2 Å². The number of aryl methyl sites for hydroxylation is 1. The molecule has 1 atom stereocenters. The van der Waals surface area contributed by atoms with E-state index >= 15 is 0 Å². The number of nitrogens with one attached hydrogen (secondary N) is 1. The van der Waals surface area contributed by atoms with Gasteiger partial charge in [0.05, 0.1) is 17.7 Å². The van der Waals surface area contributed by atoms with E-state index in [0.29, 0.717) is 16.8 Å². The zero-order chi connectivity index (χ0) is 14.8. The van der Waals surface area contributed by atoms with Gasteiger partial charge >= 0.3 is 6.18 Å². The Hall–Kier alpha value is -1.44. The molecular weight excluding hydrogens is 277 g/mol. The summed E-state index contributed by atoms with van der Waals surface area (Å²) in [4.78, 5) is 0.0807. The first kappa shape index (κ1) is 15.6. The van der Waals surface area contributed by atoms with Crippen molar-refractivity contribution in [3.05, 3.63) is 16.8 Å². The van der Waals surface area contributed by atoms with Crippen LogP contribution in [0.5, 0.6) is 0 Å². The Morgan fingerprint density at radius 2 is 1.95 bits per heavy atom. The normalized spacial score (nSPS) is 13.2. The molecule has 4 nitrogen and oxygen atoms in total. The molecule has 0 saturated carbocycles. The summed E-state index contributed by atoms with van der Waals surface area (Å²) in [6, 6.07) is -0.843. The summed E-state index contributed by atoms with van der Waals surface area (Å²) in [6.45, 7) is 4.89. The van der Waals surface area contributed by atoms with Gasteiger partial charge in [0.1, 0.15) is 4.99 Å². The number of alkyl halides is 3. The molecule has 0 aromatic carbocycles. The van der Waals surface area contributed by atoms with Gasteiger partial charge in [-0.05, 0) is 26.3 Å². The monoisotopic (exact) mass is 292 g/mol. The highest BCUT2D eigenvalue weighted by molar-refractivity contribution is 7.80. The molecule has 0 saturated heterocycles. The molecule has 3 N–H and O–H groups in total. The van der Waals surface area contributed by atoms with Gasteiger partial charge in [-0.2, -0.15) is 18.3 Å². The van der Waals surface area contributed by atoms with Gasteiger partial charge in [-0.1, -0.05) is 12.2 Å². The van der Waals surface area contributed by atoms with Crippen LogP contribution in [0.4, 0.5) is 19.0 Å². The van der Waals surface area contributed by atoms with E-state index in [1.54, 1.807) is 13.8 Å². The molecule has 1 aromatic rings. The van der Waals surface area contributed by atoms with Crippen molar-refractivity contribution in [3.8, 4) is 0 Å². The fourth-order valence-corrected chi connectivity index (χ4v) is 1.89. The smallest absolute Gasteiger partial charge is 0.389 e. The van der Waals surface area contributed by atoms with Gasteiger partial charge in [-0.15, -0.1) is 5.10 Å². The molecule has 1 heterocycles. The van der Waals surface area contributed by atoms with Crippen molar-refractivity contribution >= 4 is 23.0 Å². The first-order valence-corrected chi connectivity index (χ1v) is 5.99. The topological polar surface area (TPSA) is 63.8 Å². The minimum Gasteiger partial charge on any atom is -0.389 e. The first-order valence-electron chi connectivity index (χ1n) is 5.58. The molecule has 1 aromatic heterocycles. The zero-order valence-corrected chi connectivity index (χ0v) is 11.6. The molecule has 19 heavy (non-hydrogen) atoms. The molecule has 0 radical (unpaired) electrons. The van der Waals surface area contributed by atoms with Crippen LogP contribution in [0, 0.1) is 13.8 Å². The fourth-order valence-electron chi connectivity index (χ4n) is 1.64. The number of aromatic nitrogens is 2. The Morgan fingerprint density at radius 3 is 2.42 bits per heavy atom. The van der Waals surface area contributed by atoms with Crippen LogP contribution in [0.25, 0.3) is 0 Å². The number of hydrogen-bond acceptors (Lipinski definition) is 4. The maximum Gasteiger partial charge on any atom is 0.391 e. The number of nitrogens with zero attached hydrogens (tertiary/aromatic N) is 2. The summed E-state index contributed by atoms with van der Waals surface area (Å²) in [5, 5.41) is 10.4. The molecule has 8 heteroatoms. The lowest BCUT2D eigenvalue weighted by atomic mass is 10.1. The number of thiocarbonyl (C=S) groups is 1. The third kappa shape index (κ3) is 4.30. The van der Waals surface area contributed by atoms with E-state index in [1.807, 2.05) is 0 Å². The Kier molecular flexibility index (Phi) is 4.67. The van der Waals surface area contributed by atoms with Crippen LogP contribution in [-0.4, -0.2) is 27.4 Å². The van der Waals surface area contributed by atoms with Gasteiger partial charge in [0.15, 0.2) is 5.82 Å². The summed E-state index contributed by atoms with van der Waals surface area (Å²) in [7, 11) is 0. The number of hydrogen-bond donors (Lipinski definition) is 2. The van der Waals surface area contributed by atoms with Gasteiger partial charge in [-0.25, -0.2) is 0 Å². The first-order chi connectivity index (χ1) is 8.61. The zero-order valence-electron chi connectivity index (χ0n) is 10.8. The van der Waals surface area contributed by atoms with Crippen molar-refractivity contribution in [3.63, 3.8) is 0 Å². The Bertz CT molecular complexity index is 488. The summed E-state index contributed by atoms with van der Waals surface area (Å²) in [5.41, 5.74) is 7.38. The highest BCUT2D eigenvalue weighted by Gasteiger charge is 2.30. The van der Waals surface area contributed by atoms with Gasteiger partial charge < -0.3 is 11.1 Å². The molecule has 1 unspecified atom stereocenters. The summed E-state index contributed by atoms with van der Waals surface area (Å²) < 4.78 is 36.9. The van der Waals surface area contributed by atoms with Crippen molar-refractivity contribution in [2.75, 3.05) is 5.32 Å². The number of halogens is 3. The van der Waals surface area contributed by atoms with Crippen molar-refractivity contribution in [2.45, 2.75) is 39.4 Å². The van der Waals surface area contributed by atoms with Crippen LogP contribution in [0.3, 0.4) is 0 Å². The summed E-state index contributed by atoms with van der Waals surface area (Å²) in [6.07, 6.45) is -5.22. The van der Waals surface area contributed by atoms with E-state index < -0.39 is 18.6 Å². The van der Waals surface area contributed by atoms with Crippen LogP contribution in [0.15, 0.2) is 0 Å². The van der Waals surface area contributed by atoms with Crippen molar-refractivity contribution in [1.82, 2.24) is 10.2 Å². The summed E-state index contributed by atoms with van der Waals surface area (Å²) in [5.74, 6) is 0.187. The Morgan fingerprint density at radius 1 is 1.37 bits per heavy atom. The van der Waals surface area contributed by atoms with E-state index in [0.717, 1.165) is 0 Å². The number of rotatable bonds is 4. The van der Waals surface area contributed by atoms with Gasteiger partial charge in [0.2, 0.25) is 0 Å². The van der Waals surface area contributed by atoms with E-state index in [4.69, 9.17) is 18.0 Å². The van der Waals surface area contributed by atoms with E-state index in [1.165, 1.54) is 6.92 Å². The molecule has 0 fully saturated rings. The van der Waals surface area contributed by atoms with E-state index in [9.17, 15) is 13.2 Å². The second kappa shape index (κ2) is 5.68. The molecule has 0 aliphatic carbocycles. The fraction of sp³-hybridized carbons (Fsp3) is 0.545. The van der Waals surface area contributed by atoms with E-state index in [2.05, 4.69) is 15.5 Å². The molecule has 0 aliphatic heterocycles. The molecule has 1 rings (SSSR count). The second-order valence-corrected chi connectivity index (χ2v) is 4.80. The summed E-state index contributed by atoms with van der Waals surface area (Å²) >= 11 is 4.91. The van der Waals surface area contributed by atoms with Gasteiger partial charge in [-0.3, -0.25) is 0 Å². The standard InChI is InChI=1S/C11H15F3N4S/c1-5(4-11(12,13)14)16-10-8(9(15)19)6(2)7(3)17-18-10/h5H,4H2,1-3H3,(H2,15,19)(H,16,18). The van der Waals surface area contributed by atoms with Crippen LogP contribution in [0.1, 0.15) is 30.2 Å². The van der Waals surface area contributed by atoms with Crippen LogP contribution < -0.4 is 11.1 Å².